The molecule has 0 aliphatic heterocycles. The van der Waals surface area contributed by atoms with Crippen LogP contribution in [0.4, 0.5) is 13.2 Å². The molecule has 27 heavy (non-hydrogen) atoms. The van der Waals surface area contributed by atoms with Crippen LogP contribution in [-0.4, -0.2) is 24.6 Å². The van der Waals surface area contributed by atoms with E-state index in [1.807, 2.05) is 29.9 Å². The largest absolute Gasteiger partial charge is 0.416 e. The van der Waals surface area contributed by atoms with Crippen LogP contribution in [0.2, 0.25) is 0 Å². The van der Waals surface area contributed by atoms with Crippen molar-refractivity contribution in [3.05, 3.63) is 65.9 Å². The van der Waals surface area contributed by atoms with Crippen molar-refractivity contribution in [2.45, 2.75) is 17.2 Å². The molecular weight excluding hydrogens is 381 g/mol. The Morgan fingerprint density at radius 2 is 1.78 bits per heavy atom. The number of aliphatic hydroxyl groups excluding tert-OH is 1. The first-order chi connectivity index (χ1) is 12.6. The fraction of sp³-hybridized carbons (Fsp3) is 0.222. The second-order valence-corrected chi connectivity index (χ2v) is 7.90. The van der Waals surface area contributed by atoms with Gasteiger partial charge in [0.05, 0.1) is 16.6 Å². The van der Waals surface area contributed by atoms with Gasteiger partial charge in [-0.2, -0.15) is 13.2 Å². The first-order valence-corrected chi connectivity index (χ1v) is 9.46. The molecule has 5 nitrogen and oxygen atoms in total. The number of aromatic nitrogens is 1. The van der Waals surface area contributed by atoms with Gasteiger partial charge < -0.3 is 9.67 Å². The van der Waals surface area contributed by atoms with E-state index in [0.29, 0.717) is 17.7 Å². The Kier molecular flexibility index (Phi) is 5.02. The maximum Gasteiger partial charge on any atom is 0.416 e. The molecule has 0 saturated heterocycles. The van der Waals surface area contributed by atoms with Crippen molar-refractivity contribution in [3.63, 3.8) is 0 Å². The van der Waals surface area contributed by atoms with Gasteiger partial charge in [-0.3, -0.25) is 0 Å². The summed E-state index contributed by atoms with van der Waals surface area (Å²) in [5.41, 5.74) is 0.567. The molecule has 0 aliphatic carbocycles. The Morgan fingerprint density at radius 3 is 2.41 bits per heavy atom. The number of benzene rings is 2. The molecule has 0 spiro atoms. The van der Waals surface area contributed by atoms with E-state index in [9.17, 15) is 26.7 Å². The number of nitrogens with one attached hydrogen (secondary N) is 1. The van der Waals surface area contributed by atoms with Crippen LogP contribution in [-0.2, 0) is 23.2 Å². The molecule has 0 saturated carbocycles. The second-order valence-electron chi connectivity index (χ2n) is 6.13. The van der Waals surface area contributed by atoms with E-state index in [1.54, 1.807) is 12.1 Å². The van der Waals surface area contributed by atoms with Gasteiger partial charge in [0.25, 0.3) is 0 Å². The Hall–Kier alpha value is -2.36. The van der Waals surface area contributed by atoms with Crippen molar-refractivity contribution in [3.8, 4) is 0 Å². The number of alkyl halides is 3. The van der Waals surface area contributed by atoms with Crippen LogP contribution in [0, 0.1) is 0 Å². The minimum absolute atomic E-state index is 0.304. The first-order valence-electron chi connectivity index (χ1n) is 7.98. The summed E-state index contributed by atoms with van der Waals surface area (Å²) < 4.78 is 66.3. The van der Waals surface area contributed by atoms with Crippen molar-refractivity contribution < 1.29 is 26.7 Å². The summed E-state index contributed by atoms with van der Waals surface area (Å²) in [6.45, 7) is -0.304. The number of nitrogens with zero attached hydrogens (tertiary/aromatic N) is 1. The lowest BCUT2D eigenvalue weighted by molar-refractivity contribution is -0.137. The predicted octanol–water partition coefficient (Wildman–Crippen LogP) is 3.21. The van der Waals surface area contributed by atoms with Crippen LogP contribution in [0.15, 0.2) is 59.6 Å². The third kappa shape index (κ3) is 4.15. The molecule has 144 valence electrons. The Labute approximate surface area is 154 Å². The lowest BCUT2D eigenvalue weighted by Gasteiger charge is -2.14. The number of sulfonamides is 1. The molecule has 0 bridgehead atoms. The maximum absolute atomic E-state index is 12.6. The van der Waals surface area contributed by atoms with Crippen LogP contribution >= 0.6 is 0 Å². The molecule has 2 N–H and O–H groups in total. The molecule has 1 aromatic heterocycles. The summed E-state index contributed by atoms with van der Waals surface area (Å²) in [6.07, 6.45) is -3.77. The maximum atomic E-state index is 12.6. The van der Waals surface area contributed by atoms with Crippen molar-refractivity contribution in [2.24, 2.45) is 7.05 Å². The molecular formula is C18H17F3N2O3S. The standard InChI is InChI=1S/C18H17F3N2O3S/c1-23-9-8-12-10-13(2-7-16(12)23)17(24)11-22-27(25,26)15-5-3-14(4-6-15)18(19,20)21/h2-10,17,22,24H,11H2,1H3/t17-/m0/s1. The number of hydrogen-bond donors (Lipinski definition) is 2. The number of halogens is 3. The highest BCUT2D eigenvalue weighted by molar-refractivity contribution is 7.89. The molecule has 0 amide bonds. The lowest BCUT2D eigenvalue weighted by Crippen LogP contribution is -2.28. The van der Waals surface area contributed by atoms with Gasteiger partial charge >= 0.3 is 6.18 Å². The van der Waals surface area contributed by atoms with Crippen molar-refractivity contribution in [1.82, 2.24) is 9.29 Å². The molecule has 0 fully saturated rings. The molecule has 1 heterocycles. The number of fused-ring (bicyclic) bond motifs is 1. The topological polar surface area (TPSA) is 71.3 Å². The summed E-state index contributed by atoms with van der Waals surface area (Å²) in [5.74, 6) is 0. The van der Waals surface area contributed by atoms with E-state index >= 15 is 0 Å². The normalized spacial score (nSPS) is 13.8. The van der Waals surface area contributed by atoms with Gasteiger partial charge in [-0.25, -0.2) is 13.1 Å². The average molecular weight is 398 g/mol. The fourth-order valence-corrected chi connectivity index (χ4v) is 3.76. The van der Waals surface area contributed by atoms with Crippen molar-refractivity contribution in [1.29, 1.82) is 0 Å². The summed E-state index contributed by atoms with van der Waals surface area (Å²) in [7, 11) is -2.16. The summed E-state index contributed by atoms with van der Waals surface area (Å²) >= 11 is 0. The predicted molar refractivity (Wildman–Crippen MR) is 94.5 cm³/mol. The van der Waals surface area contributed by atoms with Crippen molar-refractivity contribution in [2.75, 3.05) is 6.54 Å². The first kappa shape index (κ1) is 19.4. The van der Waals surface area contributed by atoms with Gasteiger partial charge in [-0.15, -0.1) is 0 Å². The summed E-state index contributed by atoms with van der Waals surface area (Å²) in [6, 6.07) is 10.3. The van der Waals surface area contributed by atoms with Gasteiger partial charge in [0.15, 0.2) is 0 Å². The molecule has 0 radical (unpaired) electrons. The molecule has 1 atom stereocenters. The van der Waals surface area contributed by atoms with Gasteiger partial charge in [0.1, 0.15) is 0 Å². The van der Waals surface area contributed by atoms with Gasteiger partial charge in [0.2, 0.25) is 10.0 Å². The number of aryl methyl sites for hydroxylation is 1. The van der Waals surface area contributed by atoms with E-state index in [0.717, 1.165) is 23.0 Å². The Morgan fingerprint density at radius 1 is 1.11 bits per heavy atom. The minimum Gasteiger partial charge on any atom is -0.387 e. The third-order valence-corrected chi connectivity index (χ3v) is 5.69. The van der Waals surface area contributed by atoms with E-state index < -0.39 is 27.9 Å². The molecule has 3 rings (SSSR count). The summed E-state index contributed by atoms with van der Waals surface area (Å²) in [4.78, 5) is -0.304. The van der Waals surface area contributed by atoms with Crippen LogP contribution in [0.25, 0.3) is 10.9 Å². The average Bonchev–Trinajstić information content (AvgIpc) is 2.99. The zero-order valence-electron chi connectivity index (χ0n) is 14.2. The zero-order chi connectivity index (χ0) is 19.8. The lowest BCUT2D eigenvalue weighted by atomic mass is 10.1. The molecule has 0 aliphatic rings. The smallest absolute Gasteiger partial charge is 0.387 e. The molecule has 0 unspecified atom stereocenters. The van der Waals surface area contributed by atoms with E-state index in [1.165, 1.54) is 0 Å². The SMILES string of the molecule is Cn1ccc2cc([C@@H](O)CNS(=O)(=O)c3ccc(C(F)(F)F)cc3)ccc21. The Balaban J connectivity index is 1.71. The molecule has 2 aromatic carbocycles. The molecule has 3 aromatic rings. The van der Waals surface area contributed by atoms with Crippen molar-refractivity contribution >= 4 is 20.9 Å². The highest BCUT2D eigenvalue weighted by Crippen LogP contribution is 2.29. The highest BCUT2D eigenvalue weighted by Gasteiger charge is 2.30. The minimum atomic E-state index is -4.54. The van der Waals surface area contributed by atoms with Crippen LogP contribution in [0.3, 0.4) is 0 Å². The van der Waals surface area contributed by atoms with Crippen LogP contribution < -0.4 is 4.72 Å². The van der Waals surface area contributed by atoms with Gasteiger partial charge in [-0.1, -0.05) is 6.07 Å². The highest BCUT2D eigenvalue weighted by atomic mass is 32.2. The van der Waals surface area contributed by atoms with Crippen LogP contribution in [0.5, 0.6) is 0 Å². The quantitative estimate of drug-likeness (QED) is 0.693. The zero-order valence-corrected chi connectivity index (χ0v) is 15.1. The van der Waals surface area contributed by atoms with Crippen LogP contribution in [0.1, 0.15) is 17.2 Å². The second kappa shape index (κ2) is 6.99. The molecule has 9 heteroatoms. The monoisotopic (exact) mass is 398 g/mol. The Bertz CT molecular complexity index is 1060. The number of aliphatic hydroxyl groups is 1. The van der Waals surface area contributed by atoms with E-state index in [2.05, 4.69) is 4.72 Å². The van der Waals surface area contributed by atoms with Gasteiger partial charge in [0, 0.05) is 25.3 Å². The fourth-order valence-electron chi connectivity index (χ4n) is 2.72. The van der Waals surface area contributed by atoms with E-state index in [-0.39, 0.29) is 11.4 Å². The summed E-state index contributed by atoms with van der Waals surface area (Å²) in [5, 5.41) is 11.2. The number of hydrogen-bond acceptors (Lipinski definition) is 3. The number of rotatable bonds is 5. The van der Waals surface area contributed by atoms with E-state index in [4.69, 9.17) is 0 Å². The van der Waals surface area contributed by atoms with Gasteiger partial charge in [-0.05, 0) is 53.4 Å². The third-order valence-electron chi connectivity index (χ3n) is 4.25.